The quantitative estimate of drug-likeness (QED) is 0.670. The van der Waals surface area contributed by atoms with E-state index < -0.39 is 0 Å². The van der Waals surface area contributed by atoms with Crippen LogP contribution in [0.2, 0.25) is 0 Å². The van der Waals surface area contributed by atoms with Crippen molar-refractivity contribution >= 4 is 21.8 Å². The first-order valence-corrected chi connectivity index (χ1v) is 9.19. The number of hydrazine groups is 1. The summed E-state index contributed by atoms with van der Waals surface area (Å²) in [5.74, 6) is 1.30. The van der Waals surface area contributed by atoms with Gasteiger partial charge in [-0.1, -0.05) is 28.1 Å². The summed E-state index contributed by atoms with van der Waals surface area (Å²) in [4.78, 5) is 12.3. The van der Waals surface area contributed by atoms with Crippen molar-refractivity contribution in [1.29, 1.82) is 0 Å². The van der Waals surface area contributed by atoms with Gasteiger partial charge in [0.25, 0.3) is 5.91 Å². The third kappa shape index (κ3) is 4.55. The highest BCUT2D eigenvalue weighted by Crippen LogP contribution is 2.27. The normalized spacial score (nSPS) is 22.0. The van der Waals surface area contributed by atoms with Gasteiger partial charge < -0.3 is 14.8 Å². The van der Waals surface area contributed by atoms with Crippen LogP contribution in [-0.4, -0.2) is 31.8 Å². The van der Waals surface area contributed by atoms with E-state index in [0.717, 1.165) is 15.8 Å². The fraction of sp³-hybridized carbons (Fsp3) is 0.316. The van der Waals surface area contributed by atoms with Crippen molar-refractivity contribution in [3.05, 3.63) is 58.6 Å². The lowest BCUT2D eigenvalue weighted by Crippen LogP contribution is -2.47. The first-order chi connectivity index (χ1) is 12.6. The summed E-state index contributed by atoms with van der Waals surface area (Å²) in [5.41, 5.74) is 7.49. The highest BCUT2D eigenvalue weighted by atomic mass is 79.9. The van der Waals surface area contributed by atoms with E-state index in [1.165, 1.54) is 0 Å². The predicted octanol–water partition coefficient (Wildman–Crippen LogP) is 2.56. The number of ether oxygens (including phenoxy) is 2. The number of methoxy groups -OCH3 is 1. The number of benzene rings is 2. The SMILES string of the molecule is COc1ccc(OCC(=O)NC2NNC(C)C2c2ccc(Br)cc2)cc1. The zero-order chi connectivity index (χ0) is 18.5. The van der Waals surface area contributed by atoms with Gasteiger partial charge in [0, 0.05) is 16.4 Å². The molecule has 7 heteroatoms. The Morgan fingerprint density at radius 2 is 1.73 bits per heavy atom. The highest BCUT2D eigenvalue weighted by Gasteiger charge is 2.35. The first-order valence-electron chi connectivity index (χ1n) is 8.39. The summed E-state index contributed by atoms with van der Waals surface area (Å²) < 4.78 is 11.7. The molecule has 26 heavy (non-hydrogen) atoms. The monoisotopic (exact) mass is 419 g/mol. The minimum Gasteiger partial charge on any atom is -0.497 e. The standard InChI is InChI=1S/C19H22BrN3O3/c1-12-18(13-3-5-14(20)6-4-13)19(23-22-12)21-17(24)11-26-16-9-7-15(25-2)8-10-16/h3-10,12,18-19,22-23H,11H2,1-2H3,(H,21,24). The van der Waals surface area contributed by atoms with Gasteiger partial charge in [-0.2, -0.15) is 0 Å². The Morgan fingerprint density at radius 1 is 1.08 bits per heavy atom. The molecule has 138 valence electrons. The van der Waals surface area contributed by atoms with E-state index >= 15 is 0 Å². The molecule has 3 rings (SSSR count). The summed E-state index contributed by atoms with van der Waals surface area (Å²) in [7, 11) is 1.61. The number of carbonyl (C=O) groups is 1. The number of nitrogens with one attached hydrogen (secondary N) is 3. The van der Waals surface area contributed by atoms with Gasteiger partial charge in [0.2, 0.25) is 0 Å². The molecule has 1 fully saturated rings. The van der Waals surface area contributed by atoms with Crippen molar-refractivity contribution in [3.8, 4) is 11.5 Å². The maximum Gasteiger partial charge on any atom is 0.259 e. The van der Waals surface area contributed by atoms with Gasteiger partial charge in [-0.3, -0.25) is 10.2 Å². The summed E-state index contributed by atoms with van der Waals surface area (Å²) in [6.45, 7) is 2.03. The van der Waals surface area contributed by atoms with Crippen LogP contribution in [0, 0.1) is 0 Å². The molecule has 2 aromatic carbocycles. The molecule has 6 nitrogen and oxygen atoms in total. The van der Waals surface area contributed by atoms with Crippen molar-refractivity contribution in [2.45, 2.75) is 25.0 Å². The van der Waals surface area contributed by atoms with Crippen molar-refractivity contribution in [2.75, 3.05) is 13.7 Å². The molecule has 0 bridgehead atoms. The lowest BCUT2D eigenvalue weighted by Gasteiger charge is -2.22. The molecular weight excluding hydrogens is 398 g/mol. The van der Waals surface area contributed by atoms with E-state index in [-0.39, 0.29) is 30.6 Å². The van der Waals surface area contributed by atoms with Crippen LogP contribution >= 0.6 is 15.9 Å². The number of rotatable bonds is 6. The first kappa shape index (κ1) is 18.7. The van der Waals surface area contributed by atoms with E-state index in [9.17, 15) is 4.79 Å². The number of amides is 1. The third-order valence-corrected chi connectivity index (χ3v) is 4.89. The molecule has 1 aliphatic heterocycles. The van der Waals surface area contributed by atoms with Crippen LogP contribution in [0.4, 0.5) is 0 Å². The van der Waals surface area contributed by atoms with Crippen molar-refractivity contribution < 1.29 is 14.3 Å². The van der Waals surface area contributed by atoms with Gasteiger partial charge in [-0.15, -0.1) is 0 Å². The molecule has 1 heterocycles. The molecule has 0 saturated carbocycles. The Bertz CT molecular complexity index is 737. The maximum absolute atomic E-state index is 12.3. The Hall–Kier alpha value is -2.09. The molecule has 0 aromatic heterocycles. The lowest BCUT2D eigenvalue weighted by molar-refractivity contribution is -0.124. The Kier molecular flexibility index (Phi) is 6.13. The van der Waals surface area contributed by atoms with Crippen LogP contribution in [0.15, 0.2) is 53.0 Å². The smallest absolute Gasteiger partial charge is 0.259 e. The van der Waals surface area contributed by atoms with Crippen LogP contribution in [0.5, 0.6) is 11.5 Å². The van der Waals surface area contributed by atoms with Gasteiger partial charge in [0.1, 0.15) is 17.7 Å². The molecule has 0 spiro atoms. The minimum absolute atomic E-state index is 0.0497. The van der Waals surface area contributed by atoms with Gasteiger partial charge in [-0.05, 0) is 48.9 Å². The molecule has 3 unspecified atom stereocenters. The van der Waals surface area contributed by atoms with Crippen LogP contribution in [-0.2, 0) is 4.79 Å². The fourth-order valence-corrected chi connectivity index (χ4v) is 3.28. The van der Waals surface area contributed by atoms with Crippen LogP contribution in [0.1, 0.15) is 18.4 Å². The van der Waals surface area contributed by atoms with E-state index in [2.05, 4.69) is 51.2 Å². The summed E-state index contributed by atoms with van der Waals surface area (Å²) >= 11 is 3.45. The number of hydrogen-bond acceptors (Lipinski definition) is 5. The predicted molar refractivity (Wildman–Crippen MR) is 103 cm³/mol. The van der Waals surface area contributed by atoms with Gasteiger partial charge in [0.15, 0.2) is 6.61 Å². The van der Waals surface area contributed by atoms with E-state index in [4.69, 9.17) is 9.47 Å². The Morgan fingerprint density at radius 3 is 2.38 bits per heavy atom. The van der Waals surface area contributed by atoms with Crippen LogP contribution in [0.25, 0.3) is 0 Å². The molecule has 1 saturated heterocycles. The van der Waals surface area contributed by atoms with Crippen molar-refractivity contribution in [3.63, 3.8) is 0 Å². The molecule has 2 aromatic rings. The Balaban J connectivity index is 1.57. The third-order valence-electron chi connectivity index (χ3n) is 4.37. The molecule has 1 amide bonds. The maximum atomic E-state index is 12.3. The molecule has 3 N–H and O–H groups in total. The second kappa shape index (κ2) is 8.53. The molecular formula is C19H22BrN3O3. The van der Waals surface area contributed by atoms with Crippen molar-refractivity contribution in [1.82, 2.24) is 16.2 Å². The van der Waals surface area contributed by atoms with E-state index in [1.807, 2.05) is 12.1 Å². The average Bonchev–Trinajstić information content (AvgIpc) is 3.01. The molecule has 0 radical (unpaired) electrons. The Labute approximate surface area is 161 Å². The highest BCUT2D eigenvalue weighted by molar-refractivity contribution is 9.10. The number of hydrogen-bond donors (Lipinski definition) is 3. The molecule has 1 aliphatic rings. The van der Waals surface area contributed by atoms with Crippen LogP contribution in [0.3, 0.4) is 0 Å². The number of halogens is 1. The van der Waals surface area contributed by atoms with Crippen LogP contribution < -0.4 is 25.6 Å². The van der Waals surface area contributed by atoms with Gasteiger partial charge >= 0.3 is 0 Å². The minimum atomic E-state index is -0.210. The van der Waals surface area contributed by atoms with Gasteiger partial charge in [0.05, 0.1) is 7.11 Å². The summed E-state index contributed by atoms with van der Waals surface area (Å²) in [6, 6.07) is 15.5. The summed E-state index contributed by atoms with van der Waals surface area (Å²) in [6.07, 6.45) is -0.210. The summed E-state index contributed by atoms with van der Waals surface area (Å²) in [5, 5.41) is 2.99. The topological polar surface area (TPSA) is 71.6 Å². The molecule has 3 atom stereocenters. The average molecular weight is 420 g/mol. The van der Waals surface area contributed by atoms with E-state index in [1.54, 1.807) is 31.4 Å². The van der Waals surface area contributed by atoms with Crippen molar-refractivity contribution in [2.24, 2.45) is 0 Å². The largest absolute Gasteiger partial charge is 0.497 e. The lowest BCUT2D eigenvalue weighted by atomic mass is 9.91. The zero-order valence-electron chi connectivity index (χ0n) is 14.7. The number of carbonyl (C=O) groups excluding carboxylic acids is 1. The fourth-order valence-electron chi connectivity index (χ4n) is 3.02. The molecule has 0 aliphatic carbocycles. The second-order valence-corrected chi connectivity index (χ2v) is 7.08. The second-order valence-electron chi connectivity index (χ2n) is 6.16. The van der Waals surface area contributed by atoms with E-state index in [0.29, 0.717) is 5.75 Å². The zero-order valence-corrected chi connectivity index (χ0v) is 16.2. The van der Waals surface area contributed by atoms with Gasteiger partial charge in [-0.25, -0.2) is 5.43 Å².